The number of hydrogen-bond acceptors (Lipinski definition) is 3. The van der Waals surface area contributed by atoms with E-state index in [2.05, 4.69) is 4.74 Å². The summed E-state index contributed by atoms with van der Waals surface area (Å²) in [5.74, 6) is -1.01. The van der Waals surface area contributed by atoms with E-state index in [0.29, 0.717) is 0 Å². The van der Waals surface area contributed by atoms with Crippen molar-refractivity contribution in [1.29, 1.82) is 0 Å². The van der Waals surface area contributed by atoms with Gasteiger partial charge >= 0.3 is 6.36 Å². The van der Waals surface area contributed by atoms with E-state index in [0.717, 1.165) is 13.0 Å². The highest BCUT2D eigenvalue weighted by Gasteiger charge is 2.33. The Morgan fingerprint density at radius 3 is 2.35 bits per heavy atom. The lowest BCUT2D eigenvalue weighted by atomic mass is 10.1. The standard InChI is InChI=1S/C11H11F3O3/c1-3-16-8-5-4-6-9(10(8)7(2)15)17-11(12,13)14/h4-6H,3H2,1-2H3. The predicted octanol–water partition coefficient (Wildman–Crippen LogP) is 3.19. The molecule has 0 aliphatic carbocycles. The molecule has 0 saturated carbocycles. The molecule has 0 unspecified atom stereocenters. The molecule has 0 aromatic heterocycles. The summed E-state index contributed by atoms with van der Waals surface area (Å²) in [7, 11) is 0. The predicted molar refractivity (Wildman–Crippen MR) is 54.3 cm³/mol. The van der Waals surface area contributed by atoms with E-state index < -0.39 is 17.9 Å². The first-order chi connectivity index (χ1) is 7.85. The number of hydrogen-bond donors (Lipinski definition) is 0. The fraction of sp³-hybridized carbons (Fsp3) is 0.364. The molecule has 17 heavy (non-hydrogen) atoms. The Morgan fingerprint density at radius 2 is 1.88 bits per heavy atom. The van der Waals surface area contributed by atoms with Gasteiger partial charge in [-0.05, 0) is 26.0 Å². The van der Waals surface area contributed by atoms with Crippen molar-refractivity contribution in [2.45, 2.75) is 20.2 Å². The third kappa shape index (κ3) is 3.65. The van der Waals surface area contributed by atoms with Gasteiger partial charge in [0.2, 0.25) is 0 Å². The first-order valence-electron chi connectivity index (χ1n) is 4.87. The molecule has 3 nitrogen and oxygen atoms in total. The van der Waals surface area contributed by atoms with Crippen LogP contribution in [0.4, 0.5) is 13.2 Å². The minimum Gasteiger partial charge on any atom is -0.493 e. The summed E-state index contributed by atoms with van der Waals surface area (Å²) < 4.78 is 45.2. The molecule has 0 N–H and O–H groups in total. The van der Waals surface area contributed by atoms with Crippen molar-refractivity contribution in [2.75, 3.05) is 6.61 Å². The zero-order valence-corrected chi connectivity index (χ0v) is 9.30. The molecule has 0 aliphatic heterocycles. The van der Waals surface area contributed by atoms with Gasteiger partial charge in [0.1, 0.15) is 17.1 Å². The van der Waals surface area contributed by atoms with Gasteiger partial charge in [0.15, 0.2) is 5.78 Å². The van der Waals surface area contributed by atoms with Crippen LogP contribution >= 0.6 is 0 Å². The monoisotopic (exact) mass is 248 g/mol. The van der Waals surface area contributed by atoms with Crippen LogP contribution in [-0.4, -0.2) is 18.8 Å². The number of ketones is 1. The van der Waals surface area contributed by atoms with Crippen LogP contribution < -0.4 is 9.47 Å². The fourth-order valence-corrected chi connectivity index (χ4v) is 1.34. The third-order valence-corrected chi connectivity index (χ3v) is 1.87. The lowest BCUT2D eigenvalue weighted by molar-refractivity contribution is -0.274. The molecule has 0 heterocycles. The Kier molecular flexibility index (Phi) is 3.98. The topological polar surface area (TPSA) is 35.5 Å². The molecule has 0 radical (unpaired) electrons. The quantitative estimate of drug-likeness (QED) is 0.767. The van der Waals surface area contributed by atoms with Crippen LogP contribution in [0.1, 0.15) is 24.2 Å². The van der Waals surface area contributed by atoms with Gasteiger partial charge in [0.05, 0.1) is 6.61 Å². The van der Waals surface area contributed by atoms with Crippen molar-refractivity contribution in [1.82, 2.24) is 0 Å². The molecule has 0 bridgehead atoms. The molecular formula is C11H11F3O3. The fourth-order valence-electron chi connectivity index (χ4n) is 1.34. The van der Waals surface area contributed by atoms with Gasteiger partial charge in [-0.1, -0.05) is 6.07 Å². The molecule has 0 aliphatic rings. The highest BCUT2D eigenvalue weighted by atomic mass is 19.4. The normalized spacial score (nSPS) is 11.1. The van der Waals surface area contributed by atoms with Gasteiger partial charge in [-0.25, -0.2) is 0 Å². The van der Waals surface area contributed by atoms with Gasteiger partial charge in [0.25, 0.3) is 0 Å². The van der Waals surface area contributed by atoms with Crippen LogP contribution in [0.15, 0.2) is 18.2 Å². The Morgan fingerprint density at radius 1 is 1.29 bits per heavy atom. The SMILES string of the molecule is CCOc1cccc(OC(F)(F)F)c1C(C)=O. The molecule has 0 amide bonds. The smallest absolute Gasteiger partial charge is 0.493 e. The van der Waals surface area contributed by atoms with E-state index >= 15 is 0 Å². The van der Waals surface area contributed by atoms with Crippen LogP contribution in [-0.2, 0) is 0 Å². The molecular weight excluding hydrogens is 237 g/mol. The Bertz CT molecular complexity index is 413. The van der Waals surface area contributed by atoms with Crippen molar-refractivity contribution in [3.05, 3.63) is 23.8 Å². The molecule has 1 aromatic carbocycles. The largest absolute Gasteiger partial charge is 0.573 e. The Hall–Kier alpha value is -1.72. The number of carbonyl (C=O) groups excluding carboxylic acids is 1. The maximum atomic E-state index is 12.1. The molecule has 1 aromatic rings. The second-order valence-electron chi connectivity index (χ2n) is 3.17. The van der Waals surface area contributed by atoms with E-state index in [4.69, 9.17) is 4.74 Å². The zero-order chi connectivity index (χ0) is 13.1. The maximum Gasteiger partial charge on any atom is 0.573 e. The van der Waals surface area contributed by atoms with Gasteiger partial charge in [0, 0.05) is 0 Å². The zero-order valence-electron chi connectivity index (χ0n) is 9.30. The van der Waals surface area contributed by atoms with Crippen LogP contribution in [0.25, 0.3) is 0 Å². The van der Waals surface area contributed by atoms with Gasteiger partial charge in [-0.3, -0.25) is 4.79 Å². The summed E-state index contributed by atoms with van der Waals surface area (Å²) in [6.07, 6.45) is -4.84. The summed E-state index contributed by atoms with van der Waals surface area (Å²) in [4.78, 5) is 11.3. The van der Waals surface area contributed by atoms with Crippen molar-refractivity contribution in [2.24, 2.45) is 0 Å². The Balaban J connectivity index is 3.20. The summed E-state index contributed by atoms with van der Waals surface area (Å²) in [5, 5.41) is 0. The van der Waals surface area contributed by atoms with Crippen molar-refractivity contribution < 1.29 is 27.4 Å². The van der Waals surface area contributed by atoms with Gasteiger partial charge in [-0.15, -0.1) is 13.2 Å². The molecule has 0 spiro atoms. The lowest BCUT2D eigenvalue weighted by Gasteiger charge is -2.14. The summed E-state index contributed by atoms with van der Waals surface area (Å²) >= 11 is 0. The molecule has 6 heteroatoms. The molecule has 0 atom stereocenters. The first kappa shape index (κ1) is 13.3. The molecule has 1 rings (SSSR count). The minimum atomic E-state index is -4.84. The van der Waals surface area contributed by atoms with E-state index in [9.17, 15) is 18.0 Å². The number of alkyl halides is 3. The molecule has 94 valence electrons. The number of benzene rings is 1. The summed E-state index contributed by atoms with van der Waals surface area (Å²) in [6.45, 7) is 3.07. The lowest BCUT2D eigenvalue weighted by Crippen LogP contribution is -2.19. The van der Waals surface area contributed by atoms with Crippen LogP contribution in [0.5, 0.6) is 11.5 Å². The highest BCUT2D eigenvalue weighted by molar-refractivity contribution is 5.99. The molecule has 0 fully saturated rings. The maximum absolute atomic E-state index is 12.1. The van der Waals surface area contributed by atoms with Crippen molar-refractivity contribution in [3.63, 3.8) is 0 Å². The number of Topliss-reactive ketones (excluding diaryl/α,β-unsaturated/α-hetero) is 1. The molecule has 0 saturated heterocycles. The third-order valence-electron chi connectivity index (χ3n) is 1.87. The second-order valence-corrected chi connectivity index (χ2v) is 3.17. The highest BCUT2D eigenvalue weighted by Crippen LogP contribution is 2.32. The van der Waals surface area contributed by atoms with E-state index in [1.807, 2.05) is 0 Å². The minimum absolute atomic E-state index is 0.0850. The van der Waals surface area contributed by atoms with Gasteiger partial charge < -0.3 is 9.47 Å². The van der Waals surface area contributed by atoms with E-state index in [1.54, 1.807) is 6.92 Å². The van der Waals surface area contributed by atoms with Crippen LogP contribution in [0.2, 0.25) is 0 Å². The first-order valence-corrected chi connectivity index (χ1v) is 4.87. The number of ether oxygens (including phenoxy) is 2. The van der Waals surface area contributed by atoms with Gasteiger partial charge in [-0.2, -0.15) is 0 Å². The second kappa shape index (κ2) is 5.07. The number of rotatable bonds is 4. The van der Waals surface area contributed by atoms with E-state index in [1.165, 1.54) is 12.1 Å². The van der Waals surface area contributed by atoms with Crippen LogP contribution in [0.3, 0.4) is 0 Å². The Labute approximate surface area is 96.1 Å². The van der Waals surface area contributed by atoms with Crippen molar-refractivity contribution in [3.8, 4) is 11.5 Å². The average molecular weight is 248 g/mol. The summed E-state index contributed by atoms with van der Waals surface area (Å²) in [6, 6.07) is 3.83. The average Bonchev–Trinajstić information content (AvgIpc) is 2.15. The van der Waals surface area contributed by atoms with E-state index in [-0.39, 0.29) is 17.9 Å². The summed E-state index contributed by atoms with van der Waals surface area (Å²) in [5.41, 5.74) is -0.202. The number of halogens is 3. The number of carbonyl (C=O) groups is 1. The van der Waals surface area contributed by atoms with Crippen molar-refractivity contribution >= 4 is 5.78 Å². The van der Waals surface area contributed by atoms with Crippen LogP contribution in [0, 0.1) is 0 Å².